The van der Waals surface area contributed by atoms with Gasteiger partial charge in [0.25, 0.3) is 46.4 Å². The Bertz CT molecular complexity index is 1940. The van der Waals surface area contributed by atoms with Gasteiger partial charge in [-0.1, -0.05) is 0 Å². The number of Topliss-reactive ketones (excluding diaryl/α,β-unsaturated/α-hetero) is 1. The summed E-state index contributed by atoms with van der Waals surface area (Å²) in [6, 6.07) is -6.34. The Morgan fingerprint density at radius 1 is 0.558 bits per heavy atom. The molecule has 1 rings (SSSR count). The first-order valence-electron chi connectivity index (χ1n) is 13.3. The third-order valence-electron chi connectivity index (χ3n) is 6.22. The number of aldehydes is 2. The van der Waals surface area contributed by atoms with Crippen molar-refractivity contribution in [1.82, 2.24) is 16.0 Å². The molecule has 3 amide bonds. The van der Waals surface area contributed by atoms with Crippen LogP contribution in [-0.4, -0.2) is 151 Å². The molecule has 52 heavy (non-hydrogen) atoms. The maximum absolute atomic E-state index is 13.2. The molecule has 0 saturated carbocycles. The number of carboxylic acid groups (broad SMARTS) is 2. The lowest BCUT2D eigenvalue weighted by atomic mass is 9.92. The number of nitrogens with one attached hydrogen (secondary N) is 3. The first-order valence-corrected chi connectivity index (χ1v) is 19.7. The molecule has 29 heteroatoms. The van der Waals surface area contributed by atoms with Gasteiger partial charge in [-0.25, -0.2) is 9.59 Å². The Morgan fingerprint density at radius 3 is 1.31 bits per heavy atom. The number of benzene rings is 1. The van der Waals surface area contributed by atoms with Crippen LogP contribution >= 0.6 is 0 Å². The molecule has 0 unspecified atom stereocenters. The average molecular weight is 826 g/mol. The van der Waals surface area contributed by atoms with Crippen LogP contribution in [0.25, 0.3) is 0 Å². The van der Waals surface area contributed by atoms with Crippen LogP contribution in [0, 0.1) is 5.92 Å². The molecular formula is C23H27N3O22S4. The fourth-order valence-corrected chi connectivity index (χ4v) is 6.77. The third kappa shape index (κ3) is 15.6. The summed E-state index contributed by atoms with van der Waals surface area (Å²) in [5.41, 5.74) is -3.42. The minimum atomic E-state index is -5.22. The number of ketones is 1. The van der Waals surface area contributed by atoms with E-state index in [1.807, 2.05) is 0 Å². The zero-order chi connectivity index (χ0) is 40.6. The number of carbonyl (C=O) groups excluding carboxylic acids is 6. The second-order valence-electron chi connectivity index (χ2n) is 10.4. The molecule has 4 atom stereocenters. The third-order valence-corrected chi connectivity index (χ3v) is 9.31. The molecule has 290 valence electrons. The van der Waals surface area contributed by atoms with Crippen molar-refractivity contribution in [1.29, 1.82) is 0 Å². The van der Waals surface area contributed by atoms with Crippen molar-refractivity contribution in [3.63, 3.8) is 0 Å². The molecule has 1 aromatic rings. The van der Waals surface area contributed by atoms with Crippen LogP contribution in [0.3, 0.4) is 0 Å². The summed E-state index contributed by atoms with van der Waals surface area (Å²) in [5.74, 6) is -19.4. The number of hydrogen-bond acceptors (Lipinski definition) is 16. The Labute approximate surface area is 292 Å². The number of hydrogen-bond donors (Lipinski definition) is 9. The summed E-state index contributed by atoms with van der Waals surface area (Å²) in [6.07, 6.45) is -1.61. The van der Waals surface area contributed by atoms with E-state index >= 15 is 0 Å². The van der Waals surface area contributed by atoms with Gasteiger partial charge in [0.2, 0.25) is 11.8 Å². The van der Waals surface area contributed by atoms with Gasteiger partial charge in [0, 0.05) is 23.1 Å². The van der Waals surface area contributed by atoms with Gasteiger partial charge in [-0.3, -0.25) is 47.0 Å². The monoisotopic (exact) mass is 825 g/mol. The van der Waals surface area contributed by atoms with E-state index in [2.05, 4.69) is 0 Å². The van der Waals surface area contributed by atoms with Gasteiger partial charge in [-0.2, -0.15) is 33.7 Å². The van der Waals surface area contributed by atoms with Crippen LogP contribution < -0.4 is 16.0 Å². The highest BCUT2D eigenvalue weighted by atomic mass is 32.2. The quantitative estimate of drug-likeness (QED) is 0.0319. The average Bonchev–Trinajstić information content (AvgIpc) is 2.95. The van der Waals surface area contributed by atoms with Crippen molar-refractivity contribution >= 4 is 88.5 Å². The summed E-state index contributed by atoms with van der Waals surface area (Å²) in [5, 5.41) is 23.0. The lowest BCUT2D eigenvalue weighted by Gasteiger charge is -2.21. The van der Waals surface area contributed by atoms with Gasteiger partial charge in [-0.15, -0.1) is 0 Å². The van der Waals surface area contributed by atoms with Crippen molar-refractivity contribution in [3.05, 3.63) is 34.4 Å². The van der Waals surface area contributed by atoms with Gasteiger partial charge < -0.3 is 26.2 Å². The highest BCUT2D eigenvalue weighted by molar-refractivity contribution is 7.86. The van der Waals surface area contributed by atoms with Crippen molar-refractivity contribution < 1.29 is 100 Å². The smallest absolute Gasteiger partial charge is 0.327 e. The molecule has 0 aromatic heterocycles. The Morgan fingerprint density at radius 2 is 0.923 bits per heavy atom. The summed E-state index contributed by atoms with van der Waals surface area (Å²) in [7, 11) is -20.5. The van der Waals surface area contributed by atoms with Gasteiger partial charge >= 0.3 is 11.9 Å². The number of carboxylic acids is 2. The highest BCUT2D eigenvalue weighted by Crippen LogP contribution is 2.21. The largest absolute Gasteiger partial charge is 0.480 e. The second-order valence-corrected chi connectivity index (χ2v) is 16.4. The minimum Gasteiger partial charge on any atom is -0.480 e. The predicted octanol–water partition coefficient (Wildman–Crippen LogP) is -4.71. The summed E-state index contributed by atoms with van der Waals surface area (Å²) >= 11 is 0. The van der Waals surface area contributed by atoms with E-state index in [9.17, 15) is 81.1 Å². The molecule has 1 aromatic carbocycles. The molecule has 0 fully saturated rings. The zero-order valence-electron chi connectivity index (χ0n) is 25.5. The van der Waals surface area contributed by atoms with Gasteiger partial charge in [0.1, 0.15) is 35.4 Å². The molecule has 0 radical (unpaired) electrons. The van der Waals surface area contributed by atoms with E-state index in [0.717, 1.165) is 0 Å². The van der Waals surface area contributed by atoms with Crippen LogP contribution in [0.1, 0.15) is 47.9 Å². The molecule has 0 bridgehead atoms. The van der Waals surface area contributed by atoms with Crippen LogP contribution in [-0.2, 0) is 59.7 Å². The molecule has 0 aliphatic carbocycles. The molecule has 0 aliphatic rings. The number of carbonyl (C=O) groups is 8. The van der Waals surface area contributed by atoms with Crippen molar-refractivity contribution in [3.8, 4) is 0 Å². The van der Waals surface area contributed by atoms with E-state index in [0.29, 0.717) is 12.1 Å². The maximum Gasteiger partial charge on any atom is 0.327 e. The fourth-order valence-electron chi connectivity index (χ4n) is 4.04. The summed E-state index contributed by atoms with van der Waals surface area (Å²) in [6.45, 7) is 0. The van der Waals surface area contributed by atoms with E-state index in [1.165, 1.54) is 5.32 Å². The number of rotatable bonds is 21. The first kappa shape index (κ1) is 45.2. The van der Waals surface area contributed by atoms with Crippen LogP contribution in [0.5, 0.6) is 0 Å². The highest BCUT2D eigenvalue weighted by Gasteiger charge is 2.35. The molecule has 0 saturated heterocycles. The molecule has 25 nitrogen and oxygen atoms in total. The van der Waals surface area contributed by atoms with Crippen molar-refractivity contribution in [2.75, 3.05) is 23.0 Å². The summed E-state index contributed by atoms with van der Waals surface area (Å²) < 4.78 is 127. The van der Waals surface area contributed by atoms with Crippen LogP contribution in [0.15, 0.2) is 12.1 Å². The fraction of sp³-hybridized carbons (Fsp3) is 0.391. The second kappa shape index (κ2) is 17.6. The van der Waals surface area contributed by atoms with E-state index in [-0.39, 0.29) is 12.6 Å². The molecule has 0 spiro atoms. The van der Waals surface area contributed by atoms with Crippen LogP contribution in [0.2, 0.25) is 0 Å². The van der Waals surface area contributed by atoms with Gasteiger partial charge in [-0.05, 0) is 12.1 Å². The summed E-state index contributed by atoms with van der Waals surface area (Å²) in [4.78, 5) is 98.1. The Balaban J connectivity index is 3.58. The number of amides is 3. The lowest BCUT2D eigenvalue weighted by molar-refractivity contribution is -0.141. The standard InChI is InChI=1S/C23H27N3O22S4/c27-4-10-2-14(20(31)24-15(7-50(40,41)42)21(32)26-17(23(35)36)9-52(46,47)48)11(5-28)1-13(10)18(29)3-12(6-49(37,38)39)19(30)25-16(22(33)34)8-51(43,44)45/h1-2,4-5,12,15-17H,3,6-9H2,(H,24,31)(H,25,30)(H,26,32)(H,33,34)(H,35,36)(H,37,38,39)(H,40,41,42)(H,43,44,45)(H,46,47,48)/t12-,15-,16-,17-/m1/s1. The molecular weight excluding hydrogens is 799 g/mol. The SMILES string of the molecule is O=Cc1cc(C(=O)N[C@H](CS(=O)(=O)O)C(=O)N[C@H](CS(=O)(=O)O)C(=O)O)c(C=O)cc1C(=O)C[C@H](CS(=O)(=O)O)C(=O)N[C@H](CS(=O)(=O)O)C(=O)O. The minimum absolute atomic E-state index is 0.141. The van der Waals surface area contributed by atoms with E-state index < -0.39 is 152 Å². The van der Waals surface area contributed by atoms with E-state index in [4.69, 9.17) is 19.3 Å². The van der Waals surface area contributed by atoms with Gasteiger partial charge in [0.15, 0.2) is 18.4 Å². The van der Waals surface area contributed by atoms with Gasteiger partial charge in [0.05, 0.1) is 17.2 Å². The molecule has 0 aliphatic heterocycles. The Kier molecular flexibility index (Phi) is 15.3. The lowest BCUT2D eigenvalue weighted by Crippen LogP contribution is -2.55. The normalized spacial score (nSPS) is 14.5. The van der Waals surface area contributed by atoms with Crippen molar-refractivity contribution in [2.24, 2.45) is 5.92 Å². The topological polar surface area (TPSA) is 431 Å². The maximum atomic E-state index is 13.2. The number of aliphatic carboxylic acids is 2. The first-order chi connectivity index (χ1) is 23.5. The van der Waals surface area contributed by atoms with Crippen molar-refractivity contribution in [2.45, 2.75) is 24.5 Å². The van der Waals surface area contributed by atoms with Crippen LogP contribution in [0.4, 0.5) is 0 Å². The predicted molar refractivity (Wildman–Crippen MR) is 166 cm³/mol. The molecule has 0 heterocycles. The Hall–Kier alpha value is -4.78. The van der Waals surface area contributed by atoms with E-state index in [1.54, 1.807) is 10.6 Å². The molecule has 9 N–H and O–H groups in total. The zero-order valence-corrected chi connectivity index (χ0v) is 28.8.